The number of hydrogen-bond acceptors (Lipinski definition) is 4. The summed E-state index contributed by atoms with van der Waals surface area (Å²) < 4.78 is 5.35. The van der Waals surface area contributed by atoms with Crippen molar-refractivity contribution in [3.63, 3.8) is 0 Å². The third-order valence-corrected chi connectivity index (χ3v) is 6.96. The molecule has 1 heterocycles. The van der Waals surface area contributed by atoms with E-state index in [9.17, 15) is 14.4 Å². The number of amides is 3. The highest BCUT2D eigenvalue weighted by Crippen LogP contribution is 2.26. The van der Waals surface area contributed by atoms with Gasteiger partial charge in [0.1, 0.15) is 11.8 Å². The van der Waals surface area contributed by atoms with Gasteiger partial charge in [-0.05, 0) is 62.3 Å². The molecule has 1 fully saturated rings. The van der Waals surface area contributed by atoms with Crippen LogP contribution in [0.5, 0.6) is 5.75 Å². The smallest absolute Gasteiger partial charge is 0.257 e. The molecule has 188 valence electrons. The average Bonchev–Trinajstić information content (AvgIpc) is 2.86. The Labute approximate surface area is 208 Å². The second-order valence-corrected chi connectivity index (χ2v) is 9.64. The predicted molar refractivity (Wildman–Crippen MR) is 136 cm³/mol. The number of rotatable bonds is 8. The van der Waals surface area contributed by atoms with E-state index >= 15 is 0 Å². The summed E-state index contributed by atoms with van der Waals surface area (Å²) in [5.41, 5.74) is 1.95. The summed E-state index contributed by atoms with van der Waals surface area (Å²) in [6, 6.07) is 13.8. The van der Waals surface area contributed by atoms with E-state index in [1.165, 1.54) is 0 Å². The second kappa shape index (κ2) is 11.9. The lowest BCUT2D eigenvalue weighted by atomic mass is 9.87. The fraction of sp³-hybridized carbons (Fsp3) is 0.464. The van der Waals surface area contributed by atoms with Crippen molar-refractivity contribution in [3.8, 4) is 5.75 Å². The van der Waals surface area contributed by atoms with Crippen LogP contribution >= 0.6 is 0 Å². The van der Waals surface area contributed by atoms with Gasteiger partial charge in [0.15, 0.2) is 0 Å². The molecule has 1 aliphatic heterocycles. The van der Waals surface area contributed by atoms with E-state index in [1.807, 2.05) is 58.0 Å². The zero-order chi connectivity index (χ0) is 25.5. The Hall–Kier alpha value is -3.35. The maximum absolute atomic E-state index is 13.3. The number of likely N-dealkylation sites (tertiary alicyclic amines) is 1. The number of aryl methyl sites for hydroxylation is 1. The van der Waals surface area contributed by atoms with E-state index in [1.54, 1.807) is 30.2 Å². The lowest BCUT2D eigenvalue weighted by Gasteiger charge is -2.36. The monoisotopic (exact) mass is 479 g/mol. The Balaban J connectivity index is 1.74. The van der Waals surface area contributed by atoms with E-state index in [4.69, 9.17) is 4.74 Å². The minimum absolute atomic E-state index is 0.0208. The molecule has 2 aromatic rings. The van der Waals surface area contributed by atoms with Crippen molar-refractivity contribution in [1.82, 2.24) is 15.5 Å². The summed E-state index contributed by atoms with van der Waals surface area (Å²) in [7, 11) is 1.55. The predicted octanol–water partition coefficient (Wildman–Crippen LogP) is 3.82. The maximum Gasteiger partial charge on any atom is 0.257 e. The second-order valence-electron chi connectivity index (χ2n) is 9.64. The van der Waals surface area contributed by atoms with Crippen molar-refractivity contribution in [1.29, 1.82) is 0 Å². The van der Waals surface area contributed by atoms with Gasteiger partial charge < -0.3 is 20.3 Å². The highest BCUT2D eigenvalue weighted by atomic mass is 16.5. The molecule has 7 nitrogen and oxygen atoms in total. The number of methoxy groups -OCH3 is 1. The van der Waals surface area contributed by atoms with Crippen LogP contribution in [0.25, 0.3) is 0 Å². The minimum atomic E-state index is -0.674. The highest BCUT2D eigenvalue weighted by molar-refractivity contribution is 5.99. The number of benzene rings is 2. The topological polar surface area (TPSA) is 87.7 Å². The third-order valence-electron chi connectivity index (χ3n) is 6.96. The average molecular weight is 480 g/mol. The molecule has 0 aromatic heterocycles. The van der Waals surface area contributed by atoms with E-state index < -0.39 is 6.04 Å². The van der Waals surface area contributed by atoms with Crippen molar-refractivity contribution in [2.45, 2.75) is 52.6 Å². The lowest BCUT2D eigenvalue weighted by Crippen LogP contribution is -2.55. The number of hydrogen-bond donors (Lipinski definition) is 2. The first kappa shape index (κ1) is 26.3. The maximum atomic E-state index is 13.3. The molecule has 35 heavy (non-hydrogen) atoms. The molecule has 2 N–H and O–H groups in total. The van der Waals surface area contributed by atoms with Gasteiger partial charge in [0, 0.05) is 24.7 Å². The number of piperidine rings is 1. The van der Waals surface area contributed by atoms with Crippen LogP contribution in [0, 0.1) is 18.8 Å². The Morgan fingerprint density at radius 2 is 1.51 bits per heavy atom. The molecular weight excluding hydrogens is 442 g/mol. The quantitative estimate of drug-likeness (QED) is 0.603. The largest absolute Gasteiger partial charge is 0.496 e. The Kier molecular flexibility index (Phi) is 8.90. The lowest BCUT2D eigenvalue weighted by molar-refractivity contribution is -0.125. The zero-order valence-corrected chi connectivity index (χ0v) is 21.3. The van der Waals surface area contributed by atoms with Gasteiger partial charge in [0.25, 0.3) is 11.8 Å². The summed E-state index contributed by atoms with van der Waals surface area (Å²) in [6.07, 6.45) is 1.23. The molecule has 0 radical (unpaired) electrons. The number of ether oxygens (including phenoxy) is 1. The van der Waals surface area contributed by atoms with Gasteiger partial charge in [-0.1, -0.05) is 44.2 Å². The molecule has 0 spiro atoms. The van der Waals surface area contributed by atoms with Crippen LogP contribution < -0.4 is 15.4 Å². The van der Waals surface area contributed by atoms with Crippen molar-refractivity contribution >= 4 is 17.7 Å². The van der Waals surface area contributed by atoms with Crippen molar-refractivity contribution < 1.29 is 19.1 Å². The van der Waals surface area contributed by atoms with Crippen LogP contribution in [-0.4, -0.2) is 54.9 Å². The van der Waals surface area contributed by atoms with Crippen molar-refractivity contribution in [2.24, 2.45) is 11.8 Å². The van der Waals surface area contributed by atoms with Gasteiger partial charge >= 0.3 is 0 Å². The van der Waals surface area contributed by atoms with Gasteiger partial charge in [0.2, 0.25) is 5.91 Å². The van der Waals surface area contributed by atoms with E-state index in [-0.39, 0.29) is 35.6 Å². The standard InChI is InChI=1S/C28H37N3O4/c1-18(2)20(4)29-27(33)25(30-26(32)22-11-7-6-10-19(22)3)21-14-16-31(17-15-21)28(34)23-12-8-9-13-24(23)35-5/h6-13,18,20-21,25H,14-17H2,1-5H3,(H,29,33)(H,30,32)/t20-,25+/m0/s1. The van der Waals surface area contributed by atoms with Crippen LogP contribution in [-0.2, 0) is 4.79 Å². The van der Waals surface area contributed by atoms with Crippen molar-refractivity contribution in [2.75, 3.05) is 20.2 Å². The molecule has 1 aliphatic rings. The Morgan fingerprint density at radius 1 is 0.914 bits per heavy atom. The van der Waals surface area contributed by atoms with E-state index in [0.29, 0.717) is 42.8 Å². The zero-order valence-electron chi connectivity index (χ0n) is 21.3. The third kappa shape index (κ3) is 6.41. The van der Waals surface area contributed by atoms with Crippen LogP contribution in [0.2, 0.25) is 0 Å². The minimum Gasteiger partial charge on any atom is -0.496 e. The van der Waals surface area contributed by atoms with Crippen LogP contribution in [0.3, 0.4) is 0 Å². The molecule has 0 aliphatic carbocycles. The molecule has 1 saturated heterocycles. The molecule has 3 rings (SSSR count). The van der Waals surface area contributed by atoms with Gasteiger partial charge in [0.05, 0.1) is 12.7 Å². The summed E-state index contributed by atoms with van der Waals surface area (Å²) in [6.45, 7) is 8.96. The van der Waals surface area contributed by atoms with Gasteiger partial charge in [-0.3, -0.25) is 14.4 Å². The molecular formula is C28H37N3O4. The van der Waals surface area contributed by atoms with Crippen LogP contribution in [0.1, 0.15) is 59.9 Å². The van der Waals surface area contributed by atoms with Gasteiger partial charge in [-0.15, -0.1) is 0 Å². The normalized spacial score (nSPS) is 15.9. The fourth-order valence-electron chi connectivity index (χ4n) is 4.35. The summed E-state index contributed by atoms with van der Waals surface area (Å²) in [4.78, 5) is 41.3. The number of carbonyl (C=O) groups is 3. The summed E-state index contributed by atoms with van der Waals surface area (Å²) in [5, 5.41) is 6.08. The number of carbonyl (C=O) groups excluding carboxylic acids is 3. The highest BCUT2D eigenvalue weighted by Gasteiger charge is 2.35. The van der Waals surface area contributed by atoms with E-state index in [2.05, 4.69) is 10.6 Å². The number of nitrogens with zero attached hydrogens (tertiary/aromatic N) is 1. The van der Waals surface area contributed by atoms with Gasteiger partial charge in [-0.25, -0.2) is 0 Å². The number of nitrogens with one attached hydrogen (secondary N) is 2. The molecule has 7 heteroatoms. The summed E-state index contributed by atoms with van der Waals surface area (Å²) in [5.74, 6) is 0.219. The Morgan fingerprint density at radius 3 is 2.11 bits per heavy atom. The SMILES string of the molecule is COc1ccccc1C(=O)N1CCC([C@@H](NC(=O)c2ccccc2C)C(=O)N[C@@H](C)C(C)C)CC1. The molecule has 0 bridgehead atoms. The fourth-order valence-corrected chi connectivity index (χ4v) is 4.35. The van der Waals surface area contributed by atoms with E-state index in [0.717, 1.165) is 5.56 Å². The molecule has 2 aromatic carbocycles. The van der Waals surface area contributed by atoms with Crippen LogP contribution in [0.15, 0.2) is 48.5 Å². The first-order chi connectivity index (χ1) is 16.7. The van der Waals surface area contributed by atoms with Gasteiger partial charge in [-0.2, -0.15) is 0 Å². The first-order valence-electron chi connectivity index (χ1n) is 12.3. The molecule has 0 saturated carbocycles. The van der Waals surface area contributed by atoms with Crippen molar-refractivity contribution in [3.05, 3.63) is 65.2 Å². The summed E-state index contributed by atoms with van der Waals surface area (Å²) >= 11 is 0. The molecule has 3 amide bonds. The van der Waals surface area contributed by atoms with Crippen LogP contribution in [0.4, 0.5) is 0 Å². The first-order valence-corrected chi connectivity index (χ1v) is 12.3. The Bertz CT molecular complexity index is 1040. The molecule has 2 atom stereocenters. The molecule has 0 unspecified atom stereocenters. The number of para-hydroxylation sites is 1.